The highest BCUT2D eigenvalue weighted by molar-refractivity contribution is 5.96. The van der Waals surface area contributed by atoms with Crippen molar-refractivity contribution >= 4 is 23.3 Å². The molecule has 0 spiro atoms. The third kappa shape index (κ3) is 2.87. The molecule has 0 N–H and O–H groups in total. The Bertz CT molecular complexity index is 859. The van der Waals surface area contributed by atoms with Gasteiger partial charge in [-0.15, -0.1) is 0 Å². The summed E-state index contributed by atoms with van der Waals surface area (Å²) in [5, 5.41) is 0. The molecule has 136 valence electrons. The van der Waals surface area contributed by atoms with Crippen LogP contribution in [0.25, 0.3) is 0 Å². The van der Waals surface area contributed by atoms with Gasteiger partial charge in [0.05, 0.1) is 11.1 Å². The predicted octanol–water partition coefficient (Wildman–Crippen LogP) is 2.75. The molecule has 1 heterocycles. The average Bonchev–Trinajstić information content (AvgIpc) is 2.87. The molecule has 2 aromatic carbocycles. The summed E-state index contributed by atoms with van der Waals surface area (Å²) in [5.74, 6) is -2.60. The number of hydrogen-bond donors (Lipinski definition) is 0. The van der Waals surface area contributed by atoms with Gasteiger partial charge in [-0.25, -0.2) is 4.79 Å². The number of benzene rings is 2. The van der Waals surface area contributed by atoms with Crippen LogP contribution < -0.4 is 9.80 Å². The molecule has 0 aromatic heterocycles. The van der Waals surface area contributed by atoms with Crippen molar-refractivity contribution in [1.29, 1.82) is 0 Å². The van der Waals surface area contributed by atoms with Crippen LogP contribution in [0.15, 0.2) is 42.5 Å². The molecule has 3 rings (SSSR count). The largest absolute Gasteiger partial charge is 0.414 e. The van der Waals surface area contributed by atoms with E-state index in [0.29, 0.717) is 16.7 Å². The Morgan fingerprint density at radius 1 is 0.962 bits per heavy atom. The zero-order valence-electron chi connectivity index (χ0n) is 15.6. The maximum absolute atomic E-state index is 12.5. The van der Waals surface area contributed by atoms with Gasteiger partial charge < -0.3 is 19.3 Å². The quantitative estimate of drug-likeness (QED) is 0.787. The van der Waals surface area contributed by atoms with E-state index in [0.717, 1.165) is 11.4 Å². The molecule has 0 saturated carbocycles. The summed E-state index contributed by atoms with van der Waals surface area (Å²) in [6, 6.07) is 12.8. The molecule has 1 atom stereocenters. The predicted molar refractivity (Wildman–Crippen MR) is 99.5 cm³/mol. The molecule has 0 aliphatic carbocycles. The van der Waals surface area contributed by atoms with Gasteiger partial charge in [-0.05, 0) is 42.5 Å². The number of esters is 2. The first kappa shape index (κ1) is 17.8. The second-order valence-corrected chi connectivity index (χ2v) is 6.67. The van der Waals surface area contributed by atoms with Gasteiger partial charge in [-0.3, -0.25) is 4.79 Å². The van der Waals surface area contributed by atoms with Crippen molar-refractivity contribution < 1.29 is 19.1 Å². The van der Waals surface area contributed by atoms with Crippen molar-refractivity contribution in [2.24, 2.45) is 0 Å². The van der Waals surface area contributed by atoms with Crippen molar-refractivity contribution in [3.05, 3.63) is 59.2 Å². The minimum absolute atomic E-state index is 0.397. The molecule has 0 fully saturated rings. The summed E-state index contributed by atoms with van der Waals surface area (Å²) < 4.78 is 11.2. The number of carbonyl (C=O) groups excluding carboxylic acids is 2. The van der Waals surface area contributed by atoms with Crippen LogP contribution in [0.2, 0.25) is 0 Å². The van der Waals surface area contributed by atoms with Gasteiger partial charge in [0, 0.05) is 52.1 Å². The molecule has 1 aliphatic rings. The van der Waals surface area contributed by atoms with E-state index in [1.165, 1.54) is 6.92 Å². The van der Waals surface area contributed by atoms with E-state index in [2.05, 4.69) is 0 Å². The summed E-state index contributed by atoms with van der Waals surface area (Å²) in [6.45, 7) is 1.30. The first-order valence-electron chi connectivity index (χ1n) is 8.27. The van der Waals surface area contributed by atoms with Gasteiger partial charge in [0.1, 0.15) is 0 Å². The summed E-state index contributed by atoms with van der Waals surface area (Å²) in [7, 11) is 7.65. The second-order valence-electron chi connectivity index (χ2n) is 6.67. The van der Waals surface area contributed by atoms with Crippen LogP contribution in [0.1, 0.15) is 28.4 Å². The SMILES string of the molecule is CC(=O)OC1(c2ccc(N(C)C)cc2)OC(=O)c2cc(N(C)C)ccc21. The fraction of sp³-hybridized carbons (Fsp3) is 0.300. The number of cyclic esters (lactones) is 1. The maximum Gasteiger partial charge on any atom is 0.342 e. The van der Waals surface area contributed by atoms with E-state index in [9.17, 15) is 9.59 Å². The molecule has 26 heavy (non-hydrogen) atoms. The second kappa shape index (κ2) is 6.37. The van der Waals surface area contributed by atoms with Crippen LogP contribution in [-0.4, -0.2) is 40.1 Å². The Hall–Kier alpha value is -3.02. The molecule has 0 saturated heterocycles. The highest BCUT2D eigenvalue weighted by Crippen LogP contribution is 2.44. The molecule has 0 radical (unpaired) electrons. The molecule has 0 amide bonds. The molecular weight excluding hydrogens is 332 g/mol. The average molecular weight is 354 g/mol. The van der Waals surface area contributed by atoms with Gasteiger partial charge in [0.25, 0.3) is 0 Å². The first-order chi connectivity index (χ1) is 12.2. The number of hydrogen-bond acceptors (Lipinski definition) is 6. The zero-order chi connectivity index (χ0) is 19.1. The monoisotopic (exact) mass is 354 g/mol. The lowest BCUT2D eigenvalue weighted by molar-refractivity contribution is -0.191. The molecule has 6 nitrogen and oxygen atoms in total. The summed E-state index contributed by atoms with van der Waals surface area (Å²) in [4.78, 5) is 28.2. The molecular formula is C20H22N2O4. The van der Waals surface area contributed by atoms with Gasteiger partial charge in [0.15, 0.2) is 0 Å². The van der Waals surface area contributed by atoms with Crippen LogP contribution in [0.3, 0.4) is 0 Å². The van der Waals surface area contributed by atoms with Crippen LogP contribution in [-0.2, 0) is 20.1 Å². The van der Waals surface area contributed by atoms with Gasteiger partial charge >= 0.3 is 17.7 Å². The van der Waals surface area contributed by atoms with Crippen molar-refractivity contribution in [2.45, 2.75) is 12.7 Å². The lowest BCUT2D eigenvalue weighted by Crippen LogP contribution is -2.33. The van der Waals surface area contributed by atoms with Gasteiger partial charge in [-0.1, -0.05) is 0 Å². The Morgan fingerprint density at radius 2 is 1.54 bits per heavy atom. The van der Waals surface area contributed by atoms with E-state index < -0.39 is 17.7 Å². The Labute approximate surface area is 152 Å². The van der Waals surface area contributed by atoms with E-state index in [1.807, 2.05) is 56.2 Å². The highest BCUT2D eigenvalue weighted by atomic mass is 16.7. The van der Waals surface area contributed by atoms with E-state index in [4.69, 9.17) is 9.47 Å². The third-order valence-corrected chi connectivity index (χ3v) is 4.38. The number of rotatable bonds is 4. The fourth-order valence-electron chi connectivity index (χ4n) is 3.04. The lowest BCUT2D eigenvalue weighted by Gasteiger charge is -2.29. The number of anilines is 2. The highest BCUT2D eigenvalue weighted by Gasteiger charge is 2.50. The van der Waals surface area contributed by atoms with Crippen molar-refractivity contribution in [2.75, 3.05) is 38.0 Å². The number of nitrogens with zero attached hydrogens (tertiary/aromatic N) is 2. The van der Waals surface area contributed by atoms with Gasteiger partial charge in [0.2, 0.25) is 0 Å². The van der Waals surface area contributed by atoms with E-state index in [1.54, 1.807) is 24.3 Å². The van der Waals surface area contributed by atoms with Crippen molar-refractivity contribution in [3.63, 3.8) is 0 Å². The summed E-state index contributed by atoms with van der Waals surface area (Å²) in [6.07, 6.45) is 0. The van der Waals surface area contributed by atoms with E-state index in [-0.39, 0.29) is 0 Å². The maximum atomic E-state index is 12.5. The van der Waals surface area contributed by atoms with Crippen molar-refractivity contribution in [3.8, 4) is 0 Å². The molecule has 6 heteroatoms. The van der Waals surface area contributed by atoms with E-state index >= 15 is 0 Å². The number of ether oxygens (including phenoxy) is 2. The summed E-state index contributed by atoms with van der Waals surface area (Å²) in [5.41, 5.74) is 3.36. The molecule has 1 aliphatic heterocycles. The lowest BCUT2D eigenvalue weighted by atomic mass is 9.94. The third-order valence-electron chi connectivity index (χ3n) is 4.38. The minimum Gasteiger partial charge on any atom is -0.414 e. The Morgan fingerprint density at radius 3 is 2.08 bits per heavy atom. The van der Waals surface area contributed by atoms with Crippen LogP contribution in [0.5, 0.6) is 0 Å². The molecule has 0 bridgehead atoms. The Balaban J connectivity index is 2.16. The zero-order valence-corrected chi connectivity index (χ0v) is 15.6. The minimum atomic E-state index is -1.56. The van der Waals surface area contributed by atoms with Crippen LogP contribution in [0, 0.1) is 0 Å². The first-order valence-corrected chi connectivity index (χ1v) is 8.27. The smallest absolute Gasteiger partial charge is 0.342 e. The van der Waals surface area contributed by atoms with Crippen LogP contribution in [0.4, 0.5) is 11.4 Å². The van der Waals surface area contributed by atoms with Crippen molar-refractivity contribution in [1.82, 2.24) is 0 Å². The number of fused-ring (bicyclic) bond motifs is 1. The standard InChI is InChI=1S/C20H22N2O4/c1-13(23)25-20(14-6-8-15(9-7-14)21(2)3)18-11-10-16(22(4)5)12-17(18)19(24)26-20/h6-12H,1-5H3. The number of carbonyl (C=O) groups is 2. The summed E-state index contributed by atoms with van der Waals surface area (Å²) >= 11 is 0. The normalized spacial score (nSPS) is 18.1. The fourth-order valence-corrected chi connectivity index (χ4v) is 3.04. The topological polar surface area (TPSA) is 59.1 Å². The molecule has 2 aromatic rings. The van der Waals surface area contributed by atoms with Gasteiger partial charge in [-0.2, -0.15) is 0 Å². The Kier molecular flexibility index (Phi) is 4.36. The van der Waals surface area contributed by atoms with Crippen LogP contribution >= 0.6 is 0 Å². The molecule has 1 unspecified atom stereocenters.